The standard InChI is InChI=1S/C22H29FN3O9PS/c1-13(2)33-17(28)14(3)25-36(37,35-15-8-6-5-7-9-15)32-12-22(23)18(29)21(4,31)19(34-22)26-11-10-16(27)24-20(26)30/h5-11,13-14,18-19,29,31H,12H2,1-4H3,(H,25,37)(H,24,27,30)/t14-,18+,19-,21-,22-,36+/m1/s1. The Hall–Kier alpha value is -2.45. The molecule has 0 spiro atoms. The highest BCUT2D eigenvalue weighted by atomic mass is 32.5. The Labute approximate surface area is 216 Å². The van der Waals surface area contributed by atoms with E-state index in [0.29, 0.717) is 0 Å². The van der Waals surface area contributed by atoms with Crippen LogP contribution in [0.4, 0.5) is 4.39 Å². The van der Waals surface area contributed by atoms with Gasteiger partial charge in [-0.2, -0.15) is 0 Å². The molecule has 4 N–H and O–H groups in total. The van der Waals surface area contributed by atoms with Crippen molar-refractivity contribution < 1.29 is 37.9 Å². The third kappa shape index (κ3) is 6.71. The number of aliphatic hydroxyl groups is 2. The minimum Gasteiger partial charge on any atom is -0.462 e. The number of para-hydroxylation sites is 1. The third-order valence-corrected chi connectivity index (χ3v) is 7.81. The van der Waals surface area contributed by atoms with Crippen LogP contribution < -0.4 is 20.9 Å². The number of esters is 1. The van der Waals surface area contributed by atoms with E-state index >= 15 is 4.39 Å². The van der Waals surface area contributed by atoms with Crippen molar-refractivity contribution in [2.75, 3.05) is 6.61 Å². The van der Waals surface area contributed by atoms with Crippen LogP contribution in [-0.4, -0.2) is 62.0 Å². The maximum absolute atomic E-state index is 15.9. The lowest BCUT2D eigenvalue weighted by molar-refractivity contribution is -0.203. The largest absolute Gasteiger partial charge is 0.462 e. The number of aliphatic hydroxyl groups excluding tert-OH is 1. The summed E-state index contributed by atoms with van der Waals surface area (Å²) in [5, 5.41) is 24.2. The van der Waals surface area contributed by atoms with Gasteiger partial charge in [0.15, 0.2) is 6.23 Å². The predicted octanol–water partition coefficient (Wildman–Crippen LogP) is 1.09. The molecule has 204 valence electrons. The number of nitrogens with one attached hydrogen (secondary N) is 2. The number of carbonyl (C=O) groups excluding carboxylic acids is 1. The monoisotopic (exact) mass is 561 g/mol. The van der Waals surface area contributed by atoms with Gasteiger partial charge in [0, 0.05) is 12.3 Å². The highest BCUT2D eigenvalue weighted by molar-refractivity contribution is 8.09. The van der Waals surface area contributed by atoms with Gasteiger partial charge in [-0.1, -0.05) is 18.2 Å². The topological polar surface area (TPSA) is 161 Å². The second-order valence-electron chi connectivity index (χ2n) is 8.91. The van der Waals surface area contributed by atoms with Crippen molar-refractivity contribution in [3.05, 3.63) is 63.4 Å². The Morgan fingerprint density at radius 2 is 1.95 bits per heavy atom. The molecule has 15 heteroatoms. The predicted molar refractivity (Wildman–Crippen MR) is 133 cm³/mol. The first kappa shape index (κ1) is 29.1. The van der Waals surface area contributed by atoms with Gasteiger partial charge in [-0.15, -0.1) is 0 Å². The second kappa shape index (κ2) is 11.1. The Morgan fingerprint density at radius 1 is 1.30 bits per heavy atom. The Bertz CT molecular complexity index is 1270. The van der Waals surface area contributed by atoms with Crippen molar-refractivity contribution in [3.63, 3.8) is 0 Å². The fourth-order valence-electron chi connectivity index (χ4n) is 3.51. The molecule has 1 fully saturated rings. The van der Waals surface area contributed by atoms with Crippen molar-refractivity contribution in [2.45, 2.75) is 63.6 Å². The van der Waals surface area contributed by atoms with Gasteiger partial charge in [-0.25, -0.2) is 14.3 Å². The Morgan fingerprint density at radius 3 is 2.54 bits per heavy atom. The number of halogens is 1. The summed E-state index contributed by atoms with van der Waals surface area (Å²) in [6.07, 6.45) is -3.36. The molecule has 0 amide bonds. The van der Waals surface area contributed by atoms with Crippen molar-refractivity contribution in [2.24, 2.45) is 0 Å². The first-order valence-corrected chi connectivity index (χ1v) is 13.9. The quantitative estimate of drug-likeness (QED) is 0.243. The van der Waals surface area contributed by atoms with E-state index in [4.69, 9.17) is 30.3 Å². The van der Waals surface area contributed by atoms with Crippen molar-refractivity contribution >= 4 is 24.4 Å². The van der Waals surface area contributed by atoms with Crippen LogP contribution in [-0.2, 0) is 30.6 Å². The van der Waals surface area contributed by atoms with Gasteiger partial charge in [-0.3, -0.25) is 19.1 Å². The molecule has 12 nitrogen and oxygen atoms in total. The lowest BCUT2D eigenvalue weighted by Gasteiger charge is -2.30. The molecular weight excluding hydrogens is 532 g/mol. The first-order valence-electron chi connectivity index (χ1n) is 11.2. The number of alkyl halides is 1. The first-order chi connectivity index (χ1) is 17.2. The number of nitrogens with zero attached hydrogens (tertiary/aromatic N) is 1. The normalized spacial score (nSPS) is 28.0. The van der Waals surface area contributed by atoms with E-state index in [1.54, 1.807) is 44.2 Å². The van der Waals surface area contributed by atoms with Crippen LogP contribution in [0.15, 0.2) is 52.2 Å². The molecule has 0 saturated carbocycles. The minimum absolute atomic E-state index is 0.258. The SMILES string of the molecule is CC(C)OC(=O)[C@@H](C)N[P@](=S)(OC[C@@]1(F)O[C@@H](n2ccc(=O)[nH]c2=O)[C@](C)(O)[C@@H]1O)Oc1ccccc1. The summed E-state index contributed by atoms with van der Waals surface area (Å²) in [6.45, 7) is 1.08. The molecule has 3 rings (SSSR count). The molecule has 2 aromatic rings. The zero-order valence-electron chi connectivity index (χ0n) is 20.5. The van der Waals surface area contributed by atoms with Crippen LogP contribution in [0.25, 0.3) is 0 Å². The van der Waals surface area contributed by atoms with Gasteiger partial charge in [0.05, 0.1) is 6.10 Å². The molecule has 6 atom stereocenters. The Balaban J connectivity index is 1.86. The summed E-state index contributed by atoms with van der Waals surface area (Å²) in [5.74, 6) is -3.47. The summed E-state index contributed by atoms with van der Waals surface area (Å²) in [4.78, 5) is 37.9. The number of aromatic amines is 1. The van der Waals surface area contributed by atoms with E-state index in [0.717, 1.165) is 23.8 Å². The van der Waals surface area contributed by atoms with Gasteiger partial charge in [0.2, 0.25) is 0 Å². The number of carbonyl (C=O) groups is 1. The molecule has 1 aromatic carbocycles. The number of aromatic nitrogens is 2. The molecule has 2 heterocycles. The van der Waals surface area contributed by atoms with Crippen molar-refractivity contribution in [3.8, 4) is 5.75 Å². The second-order valence-corrected chi connectivity index (χ2v) is 12.0. The molecule has 0 bridgehead atoms. The van der Waals surface area contributed by atoms with Crippen molar-refractivity contribution in [1.29, 1.82) is 0 Å². The van der Waals surface area contributed by atoms with E-state index in [-0.39, 0.29) is 5.75 Å². The lowest BCUT2D eigenvalue weighted by atomic mass is 9.95. The van der Waals surface area contributed by atoms with Crippen LogP contribution in [0, 0.1) is 0 Å². The van der Waals surface area contributed by atoms with Crippen LogP contribution >= 0.6 is 6.64 Å². The highest BCUT2D eigenvalue weighted by Crippen LogP contribution is 2.50. The molecule has 1 saturated heterocycles. The van der Waals surface area contributed by atoms with Crippen LogP contribution in [0.2, 0.25) is 0 Å². The fourth-order valence-corrected chi connectivity index (χ4v) is 5.91. The van der Waals surface area contributed by atoms with Crippen LogP contribution in [0.5, 0.6) is 5.75 Å². The number of hydrogen-bond donors (Lipinski definition) is 4. The average molecular weight is 562 g/mol. The molecule has 0 radical (unpaired) electrons. The average Bonchev–Trinajstić information content (AvgIpc) is 2.98. The maximum atomic E-state index is 15.9. The van der Waals surface area contributed by atoms with E-state index in [1.165, 1.54) is 6.92 Å². The van der Waals surface area contributed by atoms with Crippen LogP contribution in [0.3, 0.4) is 0 Å². The minimum atomic E-state index is -3.71. The summed E-state index contributed by atoms with van der Waals surface area (Å²) < 4.78 is 38.5. The lowest BCUT2D eigenvalue weighted by Crippen LogP contribution is -2.50. The molecule has 37 heavy (non-hydrogen) atoms. The summed E-state index contributed by atoms with van der Waals surface area (Å²) in [6, 6.07) is 8.14. The van der Waals surface area contributed by atoms with Gasteiger partial charge in [0.1, 0.15) is 30.1 Å². The maximum Gasteiger partial charge on any atom is 0.330 e. The molecule has 1 aliphatic heterocycles. The van der Waals surface area contributed by atoms with Gasteiger partial charge in [0.25, 0.3) is 11.4 Å². The smallest absolute Gasteiger partial charge is 0.330 e. The zero-order valence-corrected chi connectivity index (χ0v) is 22.2. The van der Waals surface area contributed by atoms with Crippen LogP contribution in [0.1, 0.15) is 33.9 Å². The van der Waals surface area contributed by atoms with E-state index in [1.807, 2.05) is 4.98 Å². The van der Waals surface area contributed by atoms with E-state index in [9.17, 15) is 24.6 Å². The molecular formula is C22H29FN3O9PS. The molecule has 1 aliphatic rings. The fraction of sp³-hybridized carbons (Fsp3) is 0.500. The molecule has 0 unspecified atom stereocenters. The number of ether oxygens (including phenoxy) is 2. The highest BCUT2D eigenvalue weighted by Gasteiger charge is 2.63. The number of benzene rings is 1. The third-order valence-electron chi connectivity index (χ3n) is 5.33. The summed E-state index contributed by atoms with van der Waals surface area (Å²) in [7, 11) is 0. The number of hydrogen-bond acceptors (Lipinski definition) is 10. The Kier molecular flexibility index (Phi) is 8.75. The van der Waals surface area contributed by atoms with E-state index in [2.05, 4.69) is 5.09 Å². The van der Waals surface area contributed by atoms with Gasteiger partial charge in [-0.05, 0) is 51.6 Å². The van der Waals surface area contributed by atoms with E-state index < -0.39 is 66.4 Å². The van der Waals surface area contributed by atoms with Gasteiger partial charge >= 0.3 is 18.3 Å². The van der Waals surface area contributed by atoms with Gasteiger partial charge < -0.3 is 28.7 Å². The summed E-state index contributed by atoms with van der Waals surface area (Å²) in [5.41, 5.74) is -4.04. The number of H-pyrrole nitrogens is 1. The molecule has 1 aromatic heterocycles. The zero-order chi connectivity index (χ0) is 27.6. The summed E-state index contributed by atoms with van der Waals surface area (Å²) >= 11 is 5.52. The van der Waals surface area contributed by atoms with Crippen molar-refractivity contribution in [1.82, 2.24) is 14.6 Å². The molecule has 0 aliphatic carbocycles. The number of rotatable bonds is 10.